The van der Waals surface area contributed by atoms with Crippen LogP contribution in [0.5, 0.6) is 0 Å². The van der Waals surface area contributed by atoms with Crippen molar-refractivity contribution in [2.75, 3.05) is 6.54 Å². The number of carbonyl (C=O) groups is 1. The summed E-state index contributed by atoms with van der Waals surface area (Å²) in [5.41, 5.74) is 0.651. The third kappa shape index (κ3) is 3.02. The summed E-state index contributed by atoms with van der Waals surface area (Å²) in [6.45, 7) is 3.03. The van der Waals surface area contributed by atoms with E-state index >= 15 is 0 Å². The Morgan fingerprint density at radius 2 is 2.39 bits per heavy atom. The highest BCUT2D eigenvalue weighted by Gasteiger charge is 2.26. The van der Waals surface area contributed by atoms with E-state index in [2.05, 4.69) is 11.9 Å². The van der Waals surface area contributed by atoms with E-state index in [1.165, 1.54) is 6.42 Å². The normalized spacial score (nSPS) is 19.9. The fourth-order valence-electron chi connectivity index (χ4n) is 2.60. The summed E-state index contributed by atoms with van der Waals surface area (Å²) in [7, 11) is 0. The van der Waals surface area contributed by atoms with E-state index in [1.54, 1.807) is 18.3 Å². The summed E-state index contributed by atoms with van der Waals surface area (Å²) < 4.78 is 0. The molecule has 0 aliphatic carbocycles. The zero-order chi connectivity index (χ0) is 13.0. The van der Waals surface area contributed by atoms with E-state index in [1.807, 2.05) is 4.90 Å². The van der Waals surface area contributed by atoms with Crippen molar-refractivity contribution in [1.82, 2.24) is 9.88 Å². The van der Waals surface area contributed by atoms with Crippen LogP contribution in [0.15, 0.2) is 18.3 Å². The average molecular weight is 267 g/mol. The molecule has 1 fully saturated rings. The zero-order valence-electron chi connectivity index (χ0n) is 10.7. The van der Waals surface area contributed by atoms with Gasteiger partial charge in [-0.1, -0.05) is 24.9 Å². The number of halogens is 1. The van der Waals surface area contributed by atoms with Gasteiger partial charge in [0.05, 0.1) is 0 Å². The molecule has 1 aromatic rings. The molecule has 1 atom stereocenters. The Morgan fingerprint density at radius 3 is 3.11 bits per heavy atom. The second-order valence-corrected chi connectivity index (χ2v) is 5.19. The van der Waals surface area contributed by atoms with Crippen LogP contribution in [0.2, 0.25) is 5.15 Å². The number of amides is 1. The first-order valence-corrected chi connectivity index (χ1v) is 7.02. The van der Waals surface area contributed by atoms with Gasteiger partial charge in [-0.3, -0.25) is 4.79 Å². The average Bonchev–Trinajstić information content (AvgIpc) is 2.39. The third-order valence-corrected chi connectivity index (χ3v) is 3.69. The molecule has 0 radical (unpaired) electrons. The second-order valence-electron chi connectivity index (χ2n) is 4.80. The number of aromatic nitrogens is 1. The predicted octanol–water partition coefficient (Wildman–Crippen LogP) is 3.53. The minimum Gasteiger partial charge on any atom is -0.336 e. The molecule has 18 heavy (non-hydrogen) atoms. The molecule has 0 aromatic carbocycles. The number of piperidine rings is 1. The minimum absolute atomic E-state index is 0.0949. The molecule has 1 aromatic heterocycles. The van der Waals surface area contributed by atoms with Crippen LogP contribution in [0.1, 0.15) is 49.4 Å². The van der Waals surface area contributed by atoms with Crippen molar-refractivity contribution < 1.29 is 4.79 Å². The maximum absolute atomic E-state index is 12.5. The molecule has 0 bridgehead atoms. The largest absolute Gasteiger partial charge is 0.336 e. The Kier molecular flexibility index (Phi) is 4.59. The fourth-order valence-corrected chi connectivity index (χ4v) is 2.78. The first-order valence-electron chi connectivity index (χ1n) is 6.65. The molecule has 2 heterocycles. The van der Waals surface area contributed by atoms with Crippen LogP contribution >= 0.6 is 11.6 Å². The summed E-state index contributed by atoms with van der Waals surface area (Å²) in [5.74, 6) is 0.0949. The number of likely N-dealkylation sites (tertiary alicyclic amines) is 1. The molecule has 1 amide bonds. The number of carbonyl (C=O) groups excluding carboxylic acids is 1. The van der Waals surface area contributed by atoms with E-state index in [0.717, 1.165) is 32.2 Å². The fraction of sp³-hybridized carbons (Fsp3) is 0.571. The van der Waals surface area contributed by atoms with Gasteiger partial charge in [-0.15, -0.1) is 0 Å². The highest BCUT2D eigenvalue weighted by atomic mass is 35.5. The maximum atomic E-state index is 12.5. The topological polar surface area (TPSA) is 33.2 Å². The van der Waals surface area contributed by atoms with Crippen LogP contribution in [0.25, 0.3) is 0 Å². The quantitative estimate of drug-likeness (QED) is 0.784. The summed E-state index contributed by atoms with van der Waals surface area (Å²) >= 11 is 5.84. The van der Waals surface area contributed by atoms with Gasteiger partial charge in [-0.25, -0.2) is 4.98 Å². The second kappa shape index (κ2) is 6.19. The SMILES string of the molecule is CCCC1CCCCN1C(=O)c1ccnc(Cl)c1. The van der Waals surface area contributed by atoms with E-state index in [4.69, 9.17) is 11.6 Å². The number of nitrogens with zero attached hydrogens (tertiary/aromatic N) is 2. The first-order chi connectivity index (χ1) is 8.72. The maximum Gasteiger partial charge on any atom is 0.254 e. The Balaban J connectivity index is 2.15. The monoisotopic (exact) mass is 266 g/mol. The van der Waals surface area contributed by atoms with Gasteiger partial charge in [0, 0.05) is 24.3 Å². The predicted molar refractivity (Wildman–Crippen MR) is 72.8 cm³/mol. The van der Waals surface area contributed by atoms with Crippen molar-refractivity contribution in [2.45, 2.75) is 45.1 Å². The van der Waals surface area contributed by atoms with Crippen LogP contribution < -0.4 is 0 Å². The molecule has 1 aliphatic heterocycles. The molecule has 4 heteroatoms. The van der Waals surface area contributed by atoms with Crippen molar-refractivity contribution in [3.8, 4) is 0 Å². The molecule has 1 saturated heterocycles. The third-order valence-electron chi connectivity index (χ3n) is 3.48. The highest BCUT2D eigenvalue weighted by molar-refractivity contribution is 6.29. The van der Waals surface area contributed by atoms with Gasteiger partial charge in [-0.05, 0) is 37.8 Å². The van der Waals surface area contributed by atoms with E-state index in [9.17, 15) is 4.79 Å². The van der Waals surface area contributed by atoms with Crippen LogP contribution in [-0.4, -0.2) is 28.4 Å². The molecule has 0 spiro atoms. The first kappa shape index (κ1) is 13.3. The lowest BCUT2D eigenvalue weighted by molar-refractivity contribution is 0.0600. The van der Waals surface area contributed by atoms with Crippen molar-refractivity contribution in [3.63, 3.8) is 0 Å². The van der Waals surface area contributed by atoms with Crippen molar-refractivity contribution in [1.29, 1.82) is 0 Å². The molecule has 2 rings (SSSR count). The Labute approximate surface area is 113 Å². The lowest BCUT2D eigenvalue weighted by atomic mass is 9.97. The Hall–Kier alpha value is -1.09. The van der Waals surface area contributed by atoms with Gasteiger partial charge >= 0.3 is 0 Å². The van der Waals surface area contributed by atoms with Gasteiger partial charge < -0.3 is 4.90 Å². The molecule has 1 aliphatic rings. The van der Waals surface area contributed by atoms with Gasteiger partial charge in [0.25, 0.3) is 5.91 Å². The molecular formula is C14H19ClN2O. The van der Waals surface area contributed by atoms with Crippen molar-refractivity contribution >= 4 is 17.5 Å². The summed E-state index contributed by atoms with van der Waals surface area (Å²) in [5, 5.41) is 0.380. The number of hydrogen-bond donors (Lipinski definition) is 0. The molecule has 1 unspecified atom stereocenters. The van der Waals surface area contributed by atoms with Crippen LogP contribution in [0, 0.1) is 0 Å². The summed E-state index contributed by atoms with van der Waals surface area (Å²) in [4.78, 5) is 18.4. The van der Waals surface area contributed by atoms with Crippen LogP contribution in [-0.2, 0) is 0 Å². The van der Waals surface area contributed by atoms with Crippen LogP contribution in [0.4, 0.5) is 0 Å². The summed E-state index contributed by atoms with van der Waals surface area (Å²) in [6.07, 6.45) is 7.25. The number of pyridine rings is 1. The molecular weight excluding hydrogens is 248 g/mol. The standard InChI is InChI=1S/C14H19ClN2O/c1-2-5-12-6-3-4-9-17(12)14(18)11-7-8-16-13(15)10-11/h7-8,10,12H,2-6,9H2,1H3. The van der Waals surface area contributed by atoms with Crippen LogP contribution in [0.3, 0.4) is 0 Å². The highest BCUT2D eigenvalue weighted by Crippen LogP contribution is 2.23. The smallest absolute Gasteiger partial charge is 0.254 e. The van der Waals surface area contributed by atoms with E-state index in [0.29, 0.717) is 16.8 Å². The molecule has 0 saturated carbocycles. The Morgan fingerprint density at radius 1 is 1.56 bits per heavy atom. The number of rotatable bonds is 3. The van der Waals surface area contributed by atoms with Crippen molar-refractivity contribution in [2.24, 2.45) is 0 Å². The molecule has 98 valence electrons. The minimum atomic E-state index is 0.0949. The number of hydrogen-bond acceptors (Lipinski definition) is 2. The molecule has 3 nitrogen and oxygen atoms in total. The van der Waals surface area contributed by atoms with Gasteiger partial charge in [0.2, 0.25) is 0 Å². The van der Waals surface area contributed by atoms with E-state index < -0.39 is 0 Å². The van der Waals surface area contributed by atoms with Gasteiger partial charge in [0.15, 0.2) is 0 Å². The van der Waals surface area contributed by atoms with Crippen molar-refractivity contribution in [3.05, 3.63) is 29.0 Å². The lowest BCUT2D eigenvalue weighted by Crippen LogP contribution is -2.43. The lowest BCUT2D eigenvalue weighted by Gasteiger charge is -2.35. The zero-order valence-corrected chi connectivity index (χ0v) is 11.5. The van der Waals surface area contributed by atoms with Gasteiger partial charge in [0.1, 0.15) is 5.15 Å². The Bertz CT molecular complexity index is 420. The van der Waals surface area contributed by atoms with Gasteiger partial charge in [-0.2, -0.15) is 0 Å². The molecule has 0 N–H and O–H groups in total. The summed E-state index contributed by atoms with van der Waals surface area (Å²) in [6, 6.07) is 3.79. The van der Waals surface area contributed by atoms with E-state index in [-0.39, 0.29) is 5.91 Å².